The van der Waals surface area contributed by atoms with Crippen molar-refractivity contribution >= 4 is 51.0 Å². The van der Waals surface area contributed by atoms with Crippen LogP contribution in [0.5, 0.6) is 5.75 Å². The number of aromatic nitrogens is 1. The van der Waals surface area contributed by atoms with E-state index in [2.05, 4.69) is 10.3 Å². The molecule has 5 rings (SSSR count). The van der Waals surface area contributed by atoms with Gasteiger partial charge in [-0.3, -0.25) is 14.6 Å². The topological polar surface area (TPSA) is 93.9 Å². The number of furan rings is 1. The number of benzene rings is 2. The van der Waals surface area contributed by atoms with Crippen molar-refractivity contribution in [3.8, 4) is 5.75 Å². The number of fused-ring (bicyclic) bond motifs is 2. The minimum Gasteiger partial charge on any atom is -0.481 e. The number of hydrogen-bond donors (Lipinski definition) is 1. The predicted molar refractivity (Wildman–Crippen MR) is 124 cm³/mol. The van der Waals surface area contributed by atoms with Crippen LogP contribution in [-0.4, -0.2) is 54.6 Å². The quantitative estimate of drug-likeness (QED) is 0.476. The Hall–Kier alpha value is -3.62. The van der Waals surface area contributed by atoms with Crippen LogP contribution in [-0.2, 0) is 9.53 Å². The van der Waals surface area contributed by atoms with Gasteiger partial charge < -0.3 is 24.1 Å². The lowest BCUT2D eigenvalue weighted by Gasteiger charge is -2.26. The van der Waals surface area contributed by atoms with Crippen LogP contribution in [0, 0.1) is 0 Å². The second kappa shape index (κ2) is 9.09. The Morgan fingerprint density at radius 3 is 2.70 bits per heavy atom. The van der Waals surface area contributed by atoms with Gasteiger partial charge in [0.25, 0.3) is 11.8 Å². The number of carbonyl (C=O) groups excluding carboxylic acids is 2. The molecule has 1 fully saturated rings. The first-order valence-corrected chi connectivity index (χ1v) is 10.8. The average Bonchev–Trinajstić information content (AvgIpc) is 3.22. The molecule has 0 unspecified atom stereocenters. The SMILES string of the molecule is O=C(COc1ccc(Cl)c2cccnc12)Nc1c(C(=O)N2CCOCC2)oc2ccccc12. The maximum atomic E-state index is 13.1. The third-order valence-electron chi connectivity index (χ3n) is 5.39. The molecule has 0 aliphatic carbocycles. The molecule has 9 heteroatoms. The third-order valence-corrected chi connectivity index (χ3v) is 5.72. The van der Waals surface area contributed by atoms with Crippen LogP contribution in [0.2, 0.25) is 5.02 Å². The Labute approximate surface area is 194 Å². The molecule has 3 heterocycles. The standard InChI is InChI=1S/C24H20ClN3O5/c25-17-7-8-19(21-15(17)5-3-9-26-21)32-14-20(29)27-22-16-4-1-2-6-18(16)33-23(22)24(30)28-10-12-31-13-11-28/h1-9H,10-14H2,(H,27,29). The molecule has 0 radical (unpaired) electrons. The number of nitrogens with one attached hydrogen (secondary N) is 1. The highest BCUT2D eigenvalue weighted by Crippen LogP contribution is 2.33. The number of hydrogen-bond acceptors (Lipinski definition) is 6. The smallest absolute Gasteiger partial charge is 0.291 e. The minimum absolute atomic E-state index is 0.0880. The molecule has 1 N–H and O–H groups in total. The summed E-state index contributed by atoms with van der Waals surface area (Å²) in [6, 6.07) is 14.2. The number of pyridine rings is 1. The summed E-state index contributed by atoms with van der Waals surface area (Å²) in [6.45, 7) is 1.57. The Morgan fingerprint density at radius 2 is 1.85 bits per heavy atom. The highest BCUT2D eigenvalue weighted by Gasteiger charge is 2.27. The van der Waals surface area contributed by atoms with E-state index in [1.54, 1.807) is 41.4 Å². The van der Waals surface area contributed by atoms with Crippen molar-refractivity contribution in [3.05, 3.63) is 65.5 Å². The van der Waals surface area contributed by atoms with Gasteiger partial charge in [-0.05, 0) is 36.4 Å². The molecule has 8 nitrogen and oxygen atoms in total. The molecular formula is C24H20ClN3O5. The van der Waals surface area contributed by atoms with Crippen LogP contribution in [0.4, 0.5) is 5.69 Å². The van der Waals surface area contributed by atoms with E-state index in [-0.39, 0.29) is 18.3 Å². The van der Waals surface area contributed by atoms with E-state index in [0.717, 1.165) is 5.39 Å². The average molecular weight is 466 g/mol. The summed E-state index contributed by atoms with van der Waals surface area (Å²) in [4.78, 5) is 31.9. The predicted octanol–water partition coefficient (Wildman–Crippen LogP) is 4.12. The van der Waals surface area contributed by atoms with E-state index >= 15 is 0 Å². The van der Waals surface area contributed by atoms with E-state index in [4.69, 9.17) is 25.5 Å². The van der Waals surface area contributed by atoms with E-state index < -0.39 is 5.91 Å². The largest absolute Gasteiger partial charge is 0.481 e. The van der Waals surface area contributed by atoms with E-state index in [9.17, 15) is 9.59 Å². The summed E-state index contributed by atoms with van der Waals surface area (Å²) in [5, 5.41) is 4.72. The lowest BCUT2D eigenvalue weighted by atomic mass is 10.2. The highest BCUT2D eigenvalue weighted by molar-refractivity contribution is 6.35. The first-order chi connectivity index (χ1) is 16.1. The van der Waals surface area contributed by atoms with Crippen LogP contribution in [0.1, 0.15) is 10.6 Å². The van der Waals surface area contributed by atoms with Gasteiger partial charge in [-0.15, -0.1) is 0 Å². The summed E-state index contributed by atoms with van der Waals surface area (Å²) in [5.74, 6) is -0.202. The number of para-hydroxylation sites is 1. The van der Waals surface area contributed by atoms with Crippen LogP contribution >= 0.6 is 11.6 Å². The van der Waals surface area contributed by atoms with Crippen LogP contribution in [0.3, 0.4) is 0 Å². The van der Waals surface area contributed by atoms with Crippen molar-refractivity contribution in [2.45, 2.75) is 0 Å². The van der Waals surface area contributed by atoms with Crippen molar-refractivity contribution in [3.63, 3.8) is 0 Å². The number of nitrogens with zero attached hydrogens (tertiary/aromatic N) is 2. The summed E-state index contributed by atoms with van der Waals surface area (Å²) in [5.41, 5.74) is 1.41. The van der Waals surface area contributed by atoms with Crippen LogP contribution in [0.25, 0.3) is 21.9 Å². The first-order valence-electron chi connectivity index (χ1n) is 10.5. The van der Waals surface area contributed by atoms with E-state index in [0.29, 0.717) is 59.2 Å². The lowest BCUT2D eigenvalue weighted by Crippen LogP contribution is -2.40. The third kappa shape index (κ3) is 4.22. The summed E-state index contributed by atoms with van der Waals surface area (Å²) < 4.78 is 16.9. The number of rotatable bonds is 5. The molecule has 168 valence electrons. The number of ether oxygens (including phenoxy) is 2. The van der Waals surface area contributed by atoms with Gasteiger partial charge in [0, 0.05) is 30.1 Å². The molecule has 1 aliphatic rings. The molecule has 1 aliphatic heterocycles. The fraction of sp³-hybridized carbons (Fsp3) is 0.208. The summed E-state index contributed by atoms with van der Waals surface area (Å²) in [7, 11) is 0. The fourth-order valence-electron chi connectivity index (χ4n) is 3.78. The normalized spacial score (nSPS) is 13.9. The maximum Gasteiger partial charge on any atom is 0.291 e. The molecular weight excluding hydrogens is 446 g/mol. The molecule has 2 aromatic carbocycles. The van der Waals surface area contributed by atoms with Crippen molar-refractivity contribution in [1.29, 1.82) is 0 Å². The van der Waals surface area contributed by atoms with Crippen LogP contribution in [0.15, 0.2) is 59.1 Å². The lowest BCUT2D eigenvalue weighted by molar-refractivity contribution is -0.118. The van der Waals surface area contributed by atoms with Crippen LogP contribution < -0.4 is 10.1 Å². The molecule has 0 spiro atoms. The monoisotopic (exact) mass is 465 g/mol. The number of carbonyl (C=O) groups is 2. The molecule has 1 saturated heterocycles. The number of halogens is 1. The second-order valence-electron chi connectivity index (χ2n) is 7.49. The van der Waals surface area contributed by atoms with Crippen molar-refractivity contribution < 1.29 is 23.5 Å². The zero-order valence-corrected chi connectivity index (χ0v) is 18.3. The molecule has 2 amide bonds. The Bertz CT molecular complexity index is 1350. The number of morpholine rings is 1. The van der Waals surface area contributed by atoms with Gasteiger partial charge in [0.2, 0.25) is 5.76 Å². The van der Waals surface area contributed by atoms with Gasteiger partial charge in [-0.2, -0.15) is 0 Å². The van der Waals surface area contributed by atoms with Gasteiger partial charge in [-0.25, -0.2) is 0 Å². The van der Waals surface area contributed by atoms with E-state index in [1.807, 2.05) is 18.2 Å². The molecule has 33 heavy (non-hydrogen) atoms. The first kappa shape index (κ1) is 21.2. The van der Waals surface area contributed by atoms with Crippen molar-refractivity contribution in [2.24, 2.45) is 0 Å². The maximum absolute atomic E-state index is 13.1. The zero-order valence-electron chi connectivity index (χ0n) is 17.5. The van der Waals surface area contributed by atoms with Gasteiger partial charge in [0.15, 0.2) is 6.61 Å². The number of amides is 2. The van der Waals surface area contributed by atoms with Crippen molar-refractivity contribution in [1.82, 2.24) is 9.88 Å². The number of anilines is 1. The van der Waals surface area contributed by atoms with E-state index in [1.165, 1.54) is 0 Å². The van der Waals surface area contributed by atoms with Crippen molar-refractivity contribution in [2.75, 3.05) is 38.2 Å². The van der Waals surface area contributed by atoms with Gasteiger partial charge in [0.1, 0.15) is 22.5 Å². The summed E-state index contributed by atoms with van der Waals surface area (Å²) in [6.07, 6.45) is 1.63. The molecule has 4 aromatic rings. The fourth-order valence-corrected chi connectivity index (χ4v) is 3.99. The molecule has 0 saturated carbocycles. The molecule has 0 bridgehead atoms. The second-order valence-corrected chi connectivity index (χ2v) is 7.90. The molecule has 0 atom stereocenters. The Kier molecular flexibility index (Phi) is 5.85. The Morgan fingerprint density at radius 1 is 1.06 bits per heavy atom. The van der Waals surface area contributed by atoms with Gasteiger partial charge in [0.05, 0.1) is 18.2 Å². The zero-order chi connectivity index (χ0) is 22.8. The molecule has 2 aromatic heterocycles. The van der Waals surface area contributed by atoms with Gasteiger partial charge >= 0.3 is 0 Å². The Balaban J connectivity index is 1.38. The highest BCUT2D eigenvalue weighted by atomic mass is 35.5. The minimum atomic E-state index is -0.434. The van der Waals surface area contributed by atoms with Gasteiger partial charge in [-0.1, -0.05) is 23.7 Å². The summed E-state index contributed by atoms with van der Waals surface area (Å²) >= 11 is 6.22.